The number of nitriles is 1. The number of benzene rings is 2. The molecule has 28 heavy (non-hydrogen) atoms. The van der Waals surface area contributed by atoms with Gasteiger partial charge in [-0.25, -0.2) is 8.42 Å². The van der Waals surface area contributed by atoms with E-state index in [1.54, 1.807) is 24.3 Å². The van der Waals surface area contributed by atoms with Gasteiger partial charge in [-0.2, -0.15) is 5.26 Å². The molecule has 0 heterocycles. The molecule has 0 saturated carbocycles. The van der Waals surface area contributed by atoms with Crippen LogP contribution in [-0.4, -0.2) is 31.7 Å². The summed E-state index contributed by atoms with van der Waals surface area (Å²) in [6.45, 7) is 0. The van der Waals surface area contributed by atoms with Crippen molar-refractivity contribution in [1.29, 1.82) is 5.26 Å². The van der Waals surface area contributed by atoms with Crippen LogP contribution in [0.4, 0.5) is 0 Å². The Morgan fingerprint density at radius 2 is 1.61 bits per heavy atom. The second-order valence-corrected chi connectivity index (χ2v) is 9.23. The molecule has 2 rings (SSSR count). The highest BCUT2D eigenvalue weighted by Crippen LogP contribution is 2.19. The van der Waals surface area contributed by atoms with E-state index in [4.69, 9.17) is 16.9 Å². The molecule has 0 fully saturated rings. The molecule has 0 unspecified atom stereocenters. The predicted octanol–water partition coefficient (Wildman–Crippen LogP) is 2.07. The zero-order valence-electron chi connectivity index (χ0n) is 14.5. The highest BCUT2D eigenvalue weighted by Gasteiger charge is 2.18. The van der Waals surface area contributed by atoms with Gasteiger partial charge in [-0.15, -0.1) is 11.8 Å². The lowest BCUT2D eigenvalue weighted by Gasteiger charge is -2.08. The normalized spacial score (nSPS) is 10.7. The van der Waals surface area contributed by atoms with E-state index in [9.17, 15) is 18.0 Å². The van der Waals surface area contributed by atoms with Crippen molar-refractivity contribution in [2.24, 2.45) is 0 Å². The first-order valence-corrected chi connectivity index (χ1v) is 11.1. The Hall–Kier alpha value is -2.54. The minimum absolute atomic E-state index is 0.0416. The lowest BCUT2D eigenvalue weighted by atomic mass is 10.2. The Labute approximate surface area is 172 Å². The van der Waals surface area contributed by atoms with Crippen LogP contribution in [0.25, 0.3) is 0 Å². The van der Waals surface area contributed by atoms with Crippen molar-refractivity contribution in [2.45, 2.75) is 10.6 Å². The second-order valence-electron chi connectivity index (χ2n) is 5.68. The number of rotatable bonds is 7. The molecule has 0 radical (unpaired) electrons. The maximum absolute atomic E-state index is 12.1. The van der Waals surface area contributed by atoms with Gasteiger partial charge < -0.3 is 0 Å². The zero-order valence-corrected chi connectivity index (χ0v) is 16.9. The number of halogens is 1. The summed E-state index contributed by atoms with van der Waals surface area (Å²) in [5, 5.41) is 9.32. The lowest BCUT2D eigenvalue weighted by molar-refractivity contribution is -0.126. The van der Waals surface area contributed by atoms with E-state index < -0.39 is 27.4 Å². The SMILES string of the molecule is N#Cc1ccc(CS(=O)(=O)CC(=O)NNC(=O)CSc2ccc(Cl)cc2)cc1. The van der Waals surface area contributed by atoms with E-state index in [2.05, 4.69) is 10.9 Å². The number of nitrogens with one attached hydrogen (secondary N) is 2. The van der Waals surface area contributed by atoms with E-state index >= 15 is 0 Å². The van der Waals surface area contributed by atoms with Gasteiger partial charge in [-0.05, 0) is 42.0 Å². The number of hydrogen-bond acceptors (Lipinski definition) is 6. The third-order valence-corrected chi connectivity index (χ3v) is 6.08. The number of hydrazine groups is 1. The predicted molar refractivity (Wildman–Crippen MR) is 107 cm³/mol. The number of thioether (sulfide) groups is 1. The molecule has 0 spiro atoms. The third kappa shape index (κ3) is 7.60. The van der Waals surface area contributed by atoms with E-state index in [1.807, 2.05) is 6.07 Å². The molecule has 0 aromatic heterocycles. The van der Waals surface area contributed by atoms with Crippen LogP contribution in [0.3, 0.4) is 0 Å². The van der Waals surface area contributed by atoms with E-state index in [-0.39, 0.29) is 11.5 Å². The summed E-state index contributed by atoms with van der Waals surface area (Å²) in [5.74, 6) is -2.37. The summed E-state index contributed by atoms with van der Waals surface area (Å²) < 4.78 is 24.2. The molecule has 0 aliphatic carbocycles. The molecule has 146 valence electrons. The van der Waals surface area contributed by atoms with Gasteiger partial charge in [0.25, 0.3) is 5.91 Å². The molecule has 2 N–H and O–H groups in total. The van der Waals surface area contributed by atoms with Gasteiger partial charge in [0.15, 0.2) is 9.84 Å². The molecule has 0 bridgehead atoms. The lowest BCUT2D eigenvalue weighted by Crippen LogP contribution is -2.45. The minimum Gasteiger partial charge on any atom is -0.272 e. The molecule has 0 atom stereocenters. The number of carbonyl (C=O) groups is 2. The topological polar surface area (TPSA) is 116 Å². The van der Waals surface area contributed by atoms with Crippen LogP contribution in [0.2, 0.25) is 5.02 Å². The van der Waals surface area contributed by atoms with Crippen molar-refractivity contribution in [2.75, 3.05) is 11.5 Å². The number of sulfone groups is 1. The summed E-state index contributed by atoms with van der Waals surface area (Å²) in [6, 6.07) is 14.9. The largest absolute Gasteiger partial charge is 0.272 e. The van der Waals surface area contributed by atoms with Crippen molar-refractivity contribution in [3.05, 3.63) is 64.7 Å². The van der Waals surface area contributed by atoms with Gasteiger partial charge in [-0.1, -0.05) is 23.7 Å². The molecular formula is C18H16ClN3O4S2. The molecule has 2 amide bonds. The maximum Gasteiger partial charge on any atom is 0.253 e. The first kappa shape index (κ1) is 21.8. The highest BCUT2D eigenvalue weighted by atomic mass is 35.5. The Bertz CT molecular complexity index is 985. The van der Waals surface area contributed by atoms with Crippen molar-refractivity contribution in [3.63, 3.8) is 0 Å². The fraction of sp³-hybridized carbons (Fsp3) is 0.167. The highest BCUT2D eigenvalue weighted by molar-refractivity contribution is 8.00. The van der Waals surface area contributed by atoms with Crippen molar-refractivity contribution >= 4 is 45.0 Å². The molecule has 0 aliphatic rings. The van der Waals surface area contributed by atoms with Crippen LogP contribution in [0.15, 0.2) is 53.4 Å². The van der Waals surface area contributed by atoms with Gasteiger partial charge in [0.2, 0.25) is 5.91 Å². The van der Waals surface area contributed by atoms with Crippen LogP contribution in [0, 0.1) is 11.3 Å². The van der Waals surface area contributed by atoms with E-state index in [0.717, 1.165) is 4.90 Å². The van der Waals surface area contributed by atoms with Gasteiger partial charge in [-0.3, -0.25) is 20.4 Å². The fourth-order valence-electron chi connectivity index (χ4n) is 2.07. The van der Waals surface area contributed by atoms with Gasteiger partial charge in [0.1, 0.15) is 5.75 Å². The Morgan fingerprint density at radius 3 is 2.21 bits per heavy atom. The number of amides is 2. The van der Waals surface area contributed by atoms with Crippen LogP contribution in [0.5, 0.6) is 0 Å². The smallest absolute Gasteiger partial charge is 0.253 e. The molecule has 0 saturated heterocycles. The standard InChI is InChI=1S/C18H16ClN3O4S2/c19-15-5-7-16(8-6-15)27-10-17(23)21-22-18(24)12-28(25,26)11-14-3-1-13(9-20)2-4-14/h1-8H,10-12H2,(H,21,23)(H,22,24). The monoisotopic (exact) mass is 437 g/mol. The molecule has 2 aromatic carbocycles. The zero-order chi connectivity index (χ0) is 20.6. The molecular weight excluding hydrogens is 422 g/mol. The second kappa shape index (κ2) is 10.1. The summed E-state index contributed by atoms with van der Waals surface area (Å²) in [7, 11) is -3.72. The summed E-state index contributed by atoms with van der Waals surface area (Å²) in [4.78, 5) is 24.4. The quantitative estimate of drug-likeness (QED) is 0.506. The van der Waals surface area contributed by atoms with Crippen molar-refractivity contribution in [3.8, 4) is 6.07 Å². The Balaban J connectivity index is 1.76. The number of carbonyl (C=O) groups excluding carboxylic acids is 2. The summed E-state index contributed by atoms with van der Waals surface area (Å²) >= 11 is 7.02. The van der Waals surface area contributed by atoms with Crippen molar-refractivity contribution < 1.29 is 18.0 Å². The van der Waals surface area contributed by atoms with Crippen LogP contribution in [-0.2, 0) is 25.2 Å². The molecule has 10 heteroatoms. The first-order valence-electron chi connectivity index (χ1n) is 7.93. The summed E-state index contributed by atoms with van der Waals surface area (Å²) in [5.41, 5.74) is 5.16. The number of nitrogens with zero attached hydrogens (tertiary/aromatic N) is 1. The van der Waals surface area contributed by atoms with E-state index in [0.29, 0.717) is 16.1 Å². The van der Waals surface area contributed by atoms with Gasteiger partial charge in [0.05, 0.1) is 23.1 Å². The van der Waals surface area contributed by atoms with E-state index in [1.165, 1.54) is 36.0 Å². The Morgan fingerprint density at radius 1 is 1.00 bits per heavy atom. The first-order chi connectivity index (χ1) is 13.3. The van der Waals surface area contributed by atoms with Gasteiger partial charge in [0, 0.05) is 9.92 Å². The molecule has 7 nitrogen and oxygen atoms in total. The van der Waals surface area contributed by atoms with Gasteiger partial charge >= 0.3 is 0 Å². The molecule has 2 aromatic rings. The summed E-state index contributed by atoms with van der Waals surface area (Å²) in [6.07, 6.45) is 0. The van der Waals surface area contributed by atoms with Crippen LogP contribution in [0.1, 0.15) is 11.1 Å². The average molecular weight is 438 g/mol. The van der Waals surface area contributed by atoms with Crippen LogP contribution >= 0.6 is 23.4 Å². The minimum atomic E-state index is -3.72. The average Bonchev–Trinajstić information content (AvgIpc) is 2.66. The van der Waals surface area contributed by atoms with Crippen LogP contribution < -0.4 is 10.9 Å². The maximum atomic E-state index is 12.1. The number of hydrogen-bond donors (Lipinski definition) is 2. The fourth-order valence-corrected chi connectivity index (χ4v) is 4.17. The van der Waals surface area contributed by atoms with Crippen molar-refractivity contribution in [1.82, 2.24) is 10.9 Å². The molecule has 0 aliphatic heterocycles. The Kier molecular flexibility index (Phi) is 7.87. The third-order valence-electron chi connectivity index (χ3n) is 3.35.